The van der Waals surface area contributed by atoms with Gasteiger partial charge in [0.1, 0.15) is 5.69 Å². The van der Waals surface area contributed by atoms with Crippen LogP contribution in [0.15, 0.2) is 103 Å². The molecule has 0 bridgehead atoms. The molecule has 0 N–H and O–H groups in total. The van der Waals surface area contributed by atoms with Gasteiger partial charge in [-0.2, -0.15) is 4.73 Å². The number of piperazine rings is 1. The molecule has 1 aliphatic heterocycles. The Morgan fingerprint density at radius 1 is 0.816 bits per heavy atom. The average Bonchev–Trinajstić information content (AvgIpc) is 3.33. The summed E-state index contributed by atoms with van der Waals surface area (Å²) in [6, 6.07) is 32.1. The Hall–Kier alpha value is -3.87. The van der Waals surface area contributed by atoms with Crippen molar-refractivity contribution in [3.8, 4) is 11.3 Å². The van der Waals surface area contributed by atoms with Crippen LogP contribution in [-0.4, -0.2) is 52.1 Å². The standard InChI is InChI=1S/C31H31N3O3.ClH/c1-24(35)37-34-18-17-29(30(34)27-15-9-4-10-16-27)31(36)33-20-19-32(22-26-13-7-3-8-14-26)23-28(33)21-25-11-5-2-6-12-25;/h2-18,28H,19-23H2,1H3;1H/t28-;/m1./s1. The molecule has 0 spiro atoms. The Kier molecular flexibility index (Phi) is 9.00. The monoisotopic (exact) mass is 529 g/mol. The van der Waals surface area contributed by atoms with Crippen molar-refractivity contribution >= 4 is 24.3 Å². The zero-order chi connectivity index (χ0) is 25.6. The zero-order valence-electron chi connectivity index (χ0n) is 21.4. The van der Waals surface area contributed by atoms with Crippen LogP contribution in [0.1, 0.15) is 28.4 Å². The van der Waals surface area contributed by atoms with E-state index >= 15 is 0 Å². The highest BCUT2D eigenvalue weighted by Crippen LogP contribution is 2.28. The van der Waals surface area contributed by atoms with Crippen LogP contribution in [0, 0.1) is 0 Å². The first-order chi connectivity index (χ1) is 18.1. The molecule has 1 atom stereocenters. The van der Waals surface area contributed by atoms with Crippen molar-refractivity contribution in [2.75, 3.05) is 19.6 Å². The Balaban J connectivity index is 0.00000336. The molecule has 0 aliphatic carbocycles. The summed E-state index contributed by atoms with van der Waals surface area (Å²) in [5.74, 6) is -0.492. The first-order valence-corrected chi connectivity index (χ1v) is 12.7. The zero-order valence-corrected chi connectivity index (χ0v) is 22.2. The second-order valence-corrected chi connectivity index (χ2v) is 9.42. The third-order valence-electron chi connectivity index (χ3n) is 6.75. The molecule has 6 nitrogen and oxygen atoms in total. The summed E-state index contributed by atoms with van der Waals surface area (Å²) in [6.07, 6.45) is 2.41. The molecule has 1 aliphatic rings. The normalized spacial score (nSPS) is 15.5. The lowest BCUT2D eigenvalue weighted by atomic mass is 9.99. The number of amides is 1. The third-order valence-corrected chi connectivity index (χ3v) is 6.75. The van der Waals surface area contributed by atoms with Crippen LogP contribution in [0.2, 0.25) is 0 Å². The second kappa shape index (κ2) is 12.6. The van der Waals surface area contributed by atoms with Crippen molar-refractivity contribution in [3.05, 3.63) is 120 Å². The predicted molar refractivity (Wildman–Crippen MR) is 151 cm³/mol. The molecule has 4 aromatic rings. The lowest BCUT2D eigenvalue weighted by Gasteiger charge is -2.42. The molecule has 5 rings (SSSR count). The summed E-state index contributed by atoms with van der Waals surface area (Å²) in [4.78, 5) is 35.7. The molecule has 2 heterocycles. The number of rotatable bonds is 7. The molecule has 1 aromatic heterocycles. The van der Waals surface area contributed by atoms with Crippen LogP contribution in [-0.2, 0) is 17.8 Å². The Morgan fingerprint density at radius 3 is 2.05 bits per heavy atom. The minimum atomic E-state index is -0.441. The molecule has 0 saturated carbocycles. The lowest BCUT2D eigenvalue weighted by Crippen LogP contribution is -2.55. The van der Waals surface area contributed by atoms with E-state index in [-0.39, 0.29) is 24.4 Å². The summed E-state index contributed by atoms with van der Waals surface area (Å²) in [7, 11) is 0. The smallest absolute Gasteiger partial charge is 0.329 e. The Morgan fingerprint density at radius 2 is 1.42 bits per heavy atom. The maximum Gasteiger partial charge on any atom is 0.329 e. The SMILES string of the molecule is CC(=O)On1ccc(C(=O)N2CCN(Cc3ccccc3)C[C@H]2Cc2ccccc2)c1-c1ccccc1.Cl. The van der Waals surface area contributed by atoms with E-state index in [2.05, 4.69) is 41.3 Å². The largest absolute Gasteiger partial charge is 0.337 e. The summed E-state index contributed by atoms with van der Waals surface area (Å²) in [5, 5.41) is 0. The van der Waals surface area contributed by atoms with E-state index in [1.165, 1.54) is 22.8 Å². The van der Waals surface area contributed by atoms with Crippen molar-refractivity contribution in [2.24, 2.45) is 0 Å². The van der Waals surface area contributed by atoms with Gasteiger partial charge in [0.25, 0.3) is 5.91 Å². The molecular formula is C31H32ClN3O3. The van der Waals surface area contributed by atoms with Gasteiger partial charge in [-0.25, -0.2) is 4.79 Å². The van der Waals surface area contributed by atoms with Crippen LogP contribution < -0.4 is 4.84 Å². The highest BCUT2D eigenvalue weighted by molar-refractivity contribution is 6.00. The number of halogens is 1. The van der Waals surface area contributed by atoms with E-state index < -0.39 is 5.97 Å². The van der Waals surface area contributed by atoms with Gasteiger partial charge in [0.2, 0.25) is 0 Å². The molecule has 1 fully saturated rings. The highest BCUT2D eigenvalue weighted by Gasteiger charge is 2.33. The van der Waals surface area contributed by atoms with Crippen molar-refractivity contribution in [2.45, 2.75) is 25.9 Å². The number of carbonyl (C=O) groups excluding carboxylic acids is 2. The van der Waals surface area contributed by atoms with Gasteiger partial charge in [-0.3, -0.25) is 9.69 Å². The number of aromatic nitrogens is 1. The van der Waals surface area contributed by atoms with Gasteiger partial charge in [0.15, 0.2) is 0 Å². The van der Waals surface area contributed by atoms with E-state index in [4.69, 9.17) is 4.84 Å². The van der Waals surface area contributed by atoms with Crippen LogP contribution in [0.4, 0.5) is 0 Å². The number of hydrogen-bond acceptors (Lipinski definition) is 4. The van der Waals surface area contributed by atoms with E-state index in [1.807, 2.05) is 59.5 Å². The van der Waals surface area contributed by atoms with Crippen molar-refractivity contribution in [1.82, 2.24) is 14.5 Å². The van der Waals surface area contributed by atoms with E-state index in [9.17, 15) is 9.59 Å². The first kappa shape index (κ1) is 27.2. The minimum Gasteiger partial charge on any atom is -0.337 e. The predicted octanol–water partition coefficient (Wildman–Crippen LogP) is 5.12. The summed E-state index contributed by atoms with van der Waals surface area (Å²) >= 11 is 0. The van der Waals surface area contributed by atoms with Gasteiger partial charge in [0, 0.05) is 50.9 Å². The molecular weight excluding hydrogens is 498 g/mol. The van der Waals surface area contributed by atoms with Gasteiger partial charge in [0.05, 0.1) is 5.56 Å². The van der Waals surface area contributed by atoms with Crippen LogP contribution in [0.5, 0.6) is 0 Å². The van der Waals surface area contributed by atoms with E-state index in [0.29, 0.717) is 17.8 Å². The highest BCUT2D eigenvalue weighted by atomic mass is 35.5. The minimum absolute atomic E-state index is 0. The van der Waals surface area contributed by atoms with Crippen molar-refractivity contribution < 1.29 is 14.4 Å². The van der Waals surface area contributed by atoms with Gasteiger partial charge >= 0.3 is 5.97 Å². The molecule has 38 heavy (non-hydrogen) atoms. The molecule has 1 saturated heterocycles. The number of carbonyl (C=O) groups is 2. The summed E-state index contributed by atoms with van der Waals surface area (Å²) in [5.41, 5.74) is 4.41. The first-order valence-electron chi connectivity index (χ1n) is 12.7. The van der Waals surface area contributed by atoms with Crippen LogP contribution >= 0.6 is 12.4 Å². The van der Waals surface area contributed by atoms with Gasteiger partial charge in [-0.15, -0.1) is 12.4 Å². The molecule has 1 amide bonds. The molecule has 196 valence electrons. The maximum absolute atomic E-state index is 14.1. The Labute approximate surface area is 229 Å². The number of hydrogen-bond donors (Lipinski definition) is 0. The maximum atomic E-state index is 14.1. The number of nitrogens with zero attached hydrogens (tertiary/aromatic N) is 3. The van der Waals surface area contributed by atoms with Gasteiger partial charge < -0.3 is 9.74 Å². The fourth-order valence-electron chi connectivity index (χ4n) is 5.07. The van der Waals surface area contributed by atoms with Crippen molar-refractivity contribution in [3.63, 3.8) is 0 Å². The summed E-state index contributed by atoms with van der Waals surface area (Å²) in [6.45, 7) is 4.40. The van der Waals surface area contributed by atoms with E-state index in [1.54, 1.807) is 12.3 Å². The molecule has 0 radical (unpaired) electrons. The van der Waals surface area contributed by atoms with E-state index in [0.717, 1.165) is 31.6 Å². The molecule has 7 heteroatoms. The molecule has 3 aromatic carbocycles. The van der Waals surface area contributed by atoms with Gasteiger partial charge in [-0.05, 0) is 23.6 Å². The quantitative estimate of drug-likeness (QED) is 0.333. The number of benzene rings is 3. The lowest BCUT2D eigenvalue weighted by molar-refractivity contribution is -0.141. The van der Waals surface area contributed by atoms with Crippen LogP contribution in [0.25, 0.3) is 11.3 Å². The third kappa shape index (κ3) is 6.33. The van der Waals surface area contributed by atoms with Crippen molar-refractivity contribution in [1.29, 1.82) is 0 Å². The molecule has 0 unspecified atom stereocenters. The second-order valence-electron chi connectivity index (χ2n) is 9.42. The topological polar surface area (TPSA) is 54.8 Å². The van der Waals surface area contributed by atoms with Crippen LogP contribution in [0.3, 0.4) is 0 Å². The Bertz CT molecular complexity index is 1340. The fraction of sp³-hybridized carbons (Fsp3) is 0.226. The fourth-order valence-corrected chi connectivity index (χ4v) is 5.07. The summed E-state index contributed by atoms with van der Waals surface area (Å²) < 4.78 is 1.41. The average molecular weight is 530 g/mol. The van der Waals surface area contributed by atoms with Gasteiger partial charge in [-0.1, -0.05) is 91.0 Å².